The second kappa shape index (κ2) is 4.97. The number of halogens is 1. The number of benzene rings is 1. The molecular formula is C16H13ClN4. The smallest absolute Gasteiger partial charge is 0.154 e. The maximum absolute atomic E-state index is 6.12. The van der Waals surface area contributed by atoms with E-state index in [0.717, 1.165) is 22.6 Å². The number of nitrogens with zero attached hydrogens (tertiary/aromatic N) is 4. The first-order chi connectivity index (χ1) is 10.3. The van der Waals surface area contributed by atoms with Crippen molar-refractivity contribution in [3.8, 4) is 11.3 Å². The van der Waals surface area contributed by atoms with Gasteiger partial charge >= 0.3 is 0 Å². The van der Waals surface area contributed by atoms with E-state index < -0.39 is 0 Å². The fourth-order valence-electron chi connectivity index (χ4n) is 2.30. The van der Waals surface area contributed by atoms with Crippen molar-refractivity contribution in [1.29, 1.82) is 0 Å². The Morgan fingerprint density at radius 1 is 1.24 bits per heavy atom. The van der Waals surface area contributed by atoms with Gasteiger partial charge in [0, 0.05) is 23.0 Å². The first kappa shape index (κ1) is 12.5. The van der Waals surface area contributed by atoms with Crippen molar-refractivity contribution in [2.45, 2.75) is 18.9 Å². The third-order valence-electron chi connectivity index (χ3n) is 3.47. The molecule has 1 aliphatic carbocycles. The van der Waals surface area contributed by atoms with Gasteiger partial charge in [0.25, 0.3) is 0 Å². The number of fused-ring (bicyclic) bond motifs is 1. The molecule has 3 aromatic rings. The zero-order chi connectivity index (χ0) is 14.2. The Labute approximate surface area is 127 Å². The van der Waals surface area contributed by atoms with Crippen molar-refractivity contribution in [2.24, 2.45) is 4.99 Å². The lowest BCUT2D eigenvalue weighted by Crippen LogP contribution is -1.95. The molecule has 1 aliphatic rings. The van der Waals surface area contributed by atoms with E-state index in [-0.39, 0.29) is 0 Å². The number of hydrogen-bond donors (Lipinski definition) is 0. The highest BCUT2D eigenvalue weighted by molar-refractivity contribution is 6.30. The maximum Gasteiger partial charge on any atom is 0.154 e. The van der Waals surface area contributed by atoms with Crippen LogP contribution in [0.1, 0.15) is 18.5 Å². The van der Waals surface area contributed by atoms with Gasteiger partial charge in [-0.15, -0.1) is 0 Å². The average molecular weight is 297 g/mol. The minimum absolute atomic E-state index is 0.468. The van der Waals surface area contributed by atoms with Crippen LogP contribution < -0.4 is 0 Å². The molecule has 2 aromatic heterocycles. The van der Waals surface area contributed by atoms with Crippen LogP contribution in [0.15, 0.2) is 47.6 Å². The number of imidazole rings is 1. The van der Waals surface area contributed by atoms with Gasteiger partial charge in [0.05, 0.1) is 6.04 Å². The van der Waals surface area contributed by atoms with E-state index in [9.17, 15) is 0 Å². The fourth-order valence-corrected chi connectivity index (χ4v) is 2.49. The van der Waals surface area contributed by atoms with Crippen LogP contribution in [0.5, 0.6) is 0 Å². The monoisotopic (exact) mass is 296 g/mol. The van der Waals surface area contributed by atoms with Crippen LogP contribution in [0.25, 0.3) is 16.9 Å². The molecule has 0 bridgehead atoms. The van der Waals surface area contributed by atoms with Crippen molar-refractivity contribution < 1.29 is 0 Å². The largest absolute Gasteiger partial charge is 0.288 e. The molecule has 1 aromatic carbocycles. The number of hydrogen-bond acceptors (Lipinski definition) is 3. The molecule has 0 spiro atoms. The molecule has 1 saturated carbocycles. The van der Waals surface area contributed by atoms with Crippen molar-refractivity contribution in [3.05, 3.63) is 53.3 Å². The van der Waals surface area contributed by atoms with E-state index in [0.29, 0.717) is 11.1 Å². The SMILES string of the molecule is Clc1cccc(-c2c(C=NC3CC3)nc3cccnn23)c1. The fraction of sp³-hybridized carbons (Fsp3) is 0.188. The van der Waals surface area contributed by atoms with E-state index in [4.69, 9.17) is 11.6 Å². The van der Waals surface area contributed by atoms with Crippen LogP contribution >= 0.6 is 11.6 Å². The van der Waals surface area contributed by atoms with Crippen molar-refractivity contribution in [3.63, 3.8) is 0 Å². The molecule has 4 nitrogen and oxygen atoms in total. The first-order valence-electron chi connectivity index (χ1n) is 6.94. The summed E-state index contributed by atoms with van der Waals surface area (Å²) in [7, 11) is 0. The van der Waals surface area contributed by atoms with Crippen molar-refractivity contribution in [2.75, 3.05) is 0 Å². The molecule has 0 aliphatic heterocycles. The molecular weight excluding hydrogens is 284 g/mol. The van der Waals surface area contributed by atoms with Gasteiger partial charge in [-0.1, -0.05) is 23.7 Å². The van der Waals surface area contributed by atoms with Crippen molar-refractivity contribution >= 4 is 23.5 Å². The van der Waals surface area contributed by atoms with E-state index >= 15 is 0 Å². The molecule has 0 N–H and O–H groups in total. The van der Waals surface area contributed by atoms with Gasteiger partial charge < -0.3 is 0 Å². The van der Waals surface area contributed by atoms with Gasteiger partial charge in [-0.05, 0) is 37.1 Å². The quantitative estimate of drug-likeness (QED) is 0.693. The second-order valence-electron chi connectivity index (χ2n) is 5.16. The Hall–Kier alpha value is -2.20. The van der Waals surface area contributed by atoms with E-state index in [1.807, 2.05) is 47.1 Å². The summed E-state index contributed by atoms with van der Waals surface area (Å²) in [4.78, 5) is 9.17. The van der Waals surface area contributed by atoms with Gasteiger partial charge in [-0.3, -0.25) is 4.99 Å². The summed E-state index contributed by atoms with van der Waals surface area (Å²) in [6, 6.07) is 12.0. The van der Waals surface area contributed by atoms with Crippen LogP contribution in [0.2, 0.25) is 5.02 Å². The molecule has 0 saturated heterocycles. The topological polar surface area (TPSA) is 42.5 Å². The molecule has 104 valence electrons. The van der Waals surface area contributed by atoms with Crippen molar-refractivity contribution in [1.82, 2.24) is 14.6 Å². The summed E-state index contributed by atoms with van der Waals surface area (Å²) in [6.45, 7) is 0. The third-order valence-corrected chi connectivity index (χ3v) is 3.71. The molecule has 0 atom stereocenters. The lowest BCUT2D eigenvalue weighted by atomic mass is 10.1. The Morgan fingerprint density at radius 2 is 2.14 bits per heavy atom. The highest BCUT2D eigenvalue weighted by Gasteiger charge is 2.20. The van der Waals surface area contributed by atoms with E-state index in [2.05, 4.69) is 15.1 Å². The molecule has 21 heavy (non-hydrogen) atoms. The molecule has 2 heterocycles. The maximum atomic E-state index is 6.12. The summed E-state index contributed by atoms with van der Waals surface area (Å²) in [5, 5.41) is 5.10. The van der Waals surface area contributed by atoms with Gasteiger partial charge in [0.2, 0.25) is 0 Å². The average Bonchev–Trinajstić information content (AvgIpc) is 3.24. The predicted molar refractivity (Wildman–Crippen MR) is 84.0 cm³/mol. The standard InChI is InChI=1S/C16H13ClN4/c17-12-4-1-3-11(9-12)16-14(10-18-13-6-7-13)20-15-5-2-8-19-21(15)16/h1-5,8-10,13H,6-7H2. The Kier molecular flexibility index (Phi) is 2.97. The van der Waals surface area contributed by atoms with Crippen LogP contribution in [0.4, 0.5) is 0 Å². The van der Waals surface area contributed by atoms with Gasteiger partial charge in [-0.25, -0.2) is 9.50 Å². The number of aromatic nitrogens is 3. The lowest BCUT2D eigenvalue weighted by Gasteiger charge is -2.02. The van der Waals surface area contributed by atoms with Gasteiger partial charge in [0.15, 0.2) is 5.65 Å². The van der Waals surface area contributed by atoms with Gasteiger partial charge in [0.1, 0.15) is 11.4 Å². The molecule has 0 unspecified atom stereocenters. The first-order valence-corrected chi connectivity index (χ1v) is 7.32. The van der Waals surface area contributed by atoms with Crippen LogP contribution in [0.3, 0.4) is 0 Å². The Balaban J connectivity index is 1.93. The Bertz CT molecular complexity index is 833. The molecule has 1 fully saturated rings. The minimum atomic E-state index is 0.468. The second-order valence-corrected chi connectivity index (χ2v) is 5.60. The molecule has 0 amide bonds. The Morgan fingerprint density at radius 3 is 2.95 bits per heavy atom. The van der Waals surface area contributed by atoms with Crippen LogP contribution in [0, 0.1) is 0 Å². The normalized spacial score (nSPS) is 15.1. The number of aliphatic imine (C=N–C) groups is 1. The summed E-state index contributed by atoms with van der Waals surface area (Å²) in [5.74, 6) is 0. The predicted octanol–water partition coefficient (Wildman–Crippen LogP) is 3.63. The molecule has 5 heteroatoms. The molecule has 0 radical (unpaired) electrons. The summed E-state index contributed by atoms with van der Waals surface area (Å²) >= 11 is 6.12. The third kappa shape index (κ3) is 2.43. The zero-order valence-electron chi connectivity index (χ0n) is 11.3. The summed E-state index contributed by atoms with van der Waals surface area (Å²) in [5.41, 5.74) is 3.57. The highest BCUT2D eigenvalue weighted by atomic mass is 35.5. The van der Waals surface area contributed by atoms with E-state index in [1.54, 1.807) is 6.20 Å². The summed E-state index contributed by atoms with van der Waals surface area (Å²) in [6.07, 6.45) is 5.97. The lowest BCUT2D eigenvalue weighted by molar-refractivity contribution is 0.942. The van der Waals surface area contributed by atoms with E-state index in [1.165, 1.54) is 12.8 Å². The minimum Gasteiger partial charge on any atom is -0.288 e. The van der Waals surface area contributed by atoms with Crippen LogP contribution in [-0.4, -0.2) is 26.9 Å². The molecule has 4 rings (SSSR count). The summed E-state index contributed by atoms with van der Waals surface area (Å²) < 4.78 is 1.83. The van der Waals surface area contributed by atoms with Gasteiger partial charge in [-0.2, -0.15) is 5.10 Å². The number of rotatable bonds is 3. The van der Waals surface area contributed by atoms with Crippen LogP contribution in [-0.2, 0) is 0 Å². The highest BCUT2D eigenvalue weighted by Crippen LogP contribution is 2.27. The zero-order valence-corrected chi connectivity index (χ0v) is 12.0.